The van der Waals surface area contributed by atoms with Gasteiger partial charge in [0.25, 0.3) is 0 Å². The highest BCUT2D eigenvalue weighted by Gasteiger charge is 2.17. The predicted molar refractivity (Wildman–Crippen MR) is 101 cm³/mol. The van der Waals surface area contributed by atoms with Crippen molar-refractivity contribution in [2.24, 2.45) is 5.10 Å². The van der Waals surface area contributed by atoms with Crippen LogP contribution in [0.25, 0.3) is 11.3 Å². The molecule has 0 atom stereocenters. The fraction of sp³-hybridized carbons (Fsp3) is 0.150. The Morgan fingerprint density at radius 1 is 1.08 bits per heavy atom. The Kier molecular flexibility index (Phi) is 4.39. The summed E-state index contributed by atoms with van der Waals surface area (Å²) in [6.07, 6.45) is 2.10. The van der Waals surface area contributed by atoms with Gasteiger partial charge < -0.3 is 0 Å². The molecule has 1 amide bonds. The molecule has 0 saturated carbocycles. The molecule has 1 aromatic heterocycles. The summed E-state index contributed by atoms with van der Waals surface area (Å²) >= 11 is 1.50. The van der Waals surface area contributed by atoms with Crippen molar-refractivity contribution < 1.29 is 4.79 Å². The van der Waals surface area contributed by atoms with Crippen LogP contribution in [-0.2, 0) is 17.6 Å². The quantitative estimate of drug-likeness (QED) is 0.730. The molecule has 0 bridgehead atoms. The molecule has 1 N–H and O–H groups in total. The van der Waals surface area contributed by atoms with E-state index in [4.69, 9.17) is 0 Å². The summed E-state index contributed by atoms with van der Waals surface area (Å²) in [6, 6.07) is 18.2. The van der Waals surface area contributed by atoms with Crippen LogP contribution in [0.3, 0.4) is 0 Å². The summed E-state index contributed by atoms with van der Waals surface area (Å²) in [6.45, 7) is 0. The molecule has 25 heavy (non-hydrogen) atoms. The number of aryl methyl sites for hydroxylation is 1. The summed E-state index contributed by atoms with van der Waals surface area (Å²) in [4.78, 5) is 16.7. The zero-order chi connectivity index (χ0) is 17.1. The number of fused-ring (bicyclic) bond motifs is 1. The number of carbonyl (C=O) groups excluding carboxylic acids is 1. The Labute approximate surface area is 150 Å². The van der Waals surface area contributed by atoms with Crippen LogP contribution in [0.5, 0.6) is 0 Å². The van der Waals surface area contributed by atoms with Crippen LogP contribution in [0.1, 0.15) is 22.6 Å². The minimum Gasteiger partial charge on any atom is -0.273 e. The zero-order valence-electron chi connectivity index (χ0n) is 13.6. The summed E-state index contributed by atoms with van der Waals surface area (Å²) < 4.78 is 0. The third kappa shape index (κ3) is 3.51. The normalized spacial score (nSPS) is 14.5. The van der Waals surface area contributed by atoms with Crippen molar-refractivity contribution in [3.05, 3.63) is 76.1 Å². The molecule has 0 spiro atoms. The Balaban J connectivity index is 1.40. The first-order chi connectivity index (χ1) is 12.3. The number of nitrogens with one attached hydrogen (secondary N) is 1. The Morgan fingerprint density at radius 3 is 2.76 bits per heavy atom. The van der Waals surface area contributed by atoms with Gasteiger partial charge in [-0.2, -0.15) is 5.10 Å². The Morgan fingerprint density at radius 2 is 1.88 bits per heavy atom. The molecular weight excluding hydrogens is 330 g/mol. The number of hydrogen-bond donors (Lipinski definition) is 1. The van der Waals surface area contributed by atoms with Crippen LogP contribution in [0.4, 0.5) is 0 Å². The van der Waals surface area contributed by atoms with Crippen molar-refractivity contribution in [1.82, 2.24) is 10.4 Å². The number of thiazole rings is 1. The molecule has 4 nitrogen and oxygen atoms in total. The first-order valence-electron chi connectivity index (χ1n) is 8.23. The number of carbonyl (C=O) groups is 1. The molecule has 1 heterocycles. The third-order valence-electron chi connectivity index (χ3n) is 4.21. The summed E-state index contributed by atoms with van der Waals surface area (Å²) in [5, 5.41) is 7.10. The minimum absolute atomic E-state index is 0.133. The Hall–Kier alpha value is -2.79. The first kappa shape index (κ1) is 15.7. The second-order valence-corrected chi connectivity index (χ2v) is 6.86. The van der Waals surface area contributed by atoms with E-state index in [1.54, 1.807) is 0 Å². The van der Waals surface area contributed by atoms with Crippen LogP contribution in [0, 0.1) is 0 Å². The van der Waals surface area contributed by atoms with E-state index in [2.05, 4.69) is 27.6 Å². The van der Waals surface area contributed by atoms with E-state index in [1.165, 1.54) is 16.9 Å². The SMILES string of the molecule is O=C(Cc1nc(-c2ccccc2)cs1)NN=C1CCc2ccccc21. The van der Waals surface area contributed by atoms with E-state index in [1.807, 2.05) is 47.8 Å². The zero-order valence-corrected chi connectivity index (χ0v) is 14.4. The van der Waals surface area contributed by atoms with Crippen molar-refractivity contribution in [2.75, 3.05) is 0 Å². The maximum absolute atomic E-state index is 12.2. The van der Waals surface area contributed by atoms with Crippen LogP contribution < -0.4 is 5.43 Å². The highest BCUT2D eigenvalue weighted by Crippen LogP contribution is 2.23. The van der Waals surface area contributed by atoms with Crippen molar-refractivity contribution in [3.8, 4) is 11.3 Å². The number of hydrogen-bond acceptors (Lipinski definition) is 4. The Bertz CT molecular complexity index is 931. The molecule has 0 aliphatic heterocycles. The van der Waals surface area contributed by atoms with Crippen molar-refractivity contribution in [3.63, 3.8) is 0 Å². The third-order valence-corrected chi connectivity index (χ3v) is 5.06. The van der Waals surface area contributed by atoms with E-state index in [0.29, 0.717) is 0 Å². The predicted octanol–water partition coefficient (Wildman–Crippen LogP) is 3.82. The molecule has 1 aliphatic rings. The van der Waals surface area contributed by atoms with Crippen molar-refractivity contribution >= 4 is 23.0 Å². The summed E-state index contributed by atoms with van der Waals surface area (Å²) in [7, 11) is 0. The molecule has 2 aromatic carbocycles. The number of hydrazone groups is 1. The molecule has 0 unspecified atom stereocenters. The topological polar surface area (TPSA) is 54.4 Å². The standard InChI is InChI=1S/C20H17N3OS/c24-19(23-22-17-11-10-14-6-4-5-9-16(14)17)12-20-21-18(13-25-20)15-7-2-1-3-8-15/h1-9,13H,10-12H2,(H,23,24). The fourth-order valence-electron chi connectivity index (χ4n) is 2.96. The smallest absolute Gasteiger partial charge is 0.246 e. The highest BCUT2D eigenvalue weighted by atomic mass is 32.1. The van der Waals surface area contributed by atoms with Crippen LogP contribution >= 0.6 is 11.3 Å². The first-order valence-corrected chi connectivity index (χ1v) is 9.11. The lowest BCUT2D eigenvalue weighted by Crippen LogP contribution is -2.21. The van der Waals surface area contributed by atoms with Gasteiger partial charge in [0.1, 0.15) is 5.01 Å². The van der Waals surface area contributed by atoms with E-state index in [9.17, 15) is 4.79 Å². The van der Waals surface area contributed by atoms with Gasteiger partial charge in [0, 0.05) is 16.5 Å². The monoisotopic (exact) mass is 347 g/mol. The van der Waals surface area contributed by atoms with Crippen molar-refractivity contribution in [2.45, 2.75) is 19.3 Å². The van der Waals surface area contributed by atoms with Crippen LogP contribution in [-0.4, -0.2) is 16.6 Å². The van der Waals surface area contributed by atoms with Gasteiger partial charge in [-0.05, 0) is 18.4 Å². The minimum atomic E-state index is -0.133. The highest BCUT2D eigenvalue weighted by molar-refractivity contribution is 7.10. The van der Waals surface area contributed by atoms with Gasteiger partial charge in [-0.25, -0.2) is 10.4 Å². The number of nitrogens with zero attached hydrogens (tertiary/aromatic N) is 2. The lowest BCUT2D eigenvalue weighted by Gasteiger charge is -2.01. The van der Waals surface area contributed by atoms with Gasteiger partial charge in [-0.1, -0.05) is 54.6 Å². The molecule has 0 fully saturated rings. The van der Waals surface area contributed by atoms with Gasteiger partial charge >= 0.3 is 0 Å². The second-order valence-electron chi connectivity index (χ2n) is 5.92. The van der Waals surface area contributed by atoms with Crippen LogP contribution in [0.15, 0.2) is 65.1 Å². The van der Waals surface area contributed by atoms with Gasteiger partial charge in [0.15, 0.2) is 0 Å². The molecule has 4 rings (SSSR count). The van der Waals surface area contributed by atoms with Crippen LogP contribution in [0.2, 0.25) is 0 Å². The summed E-state index contributed by atoms with van der Waals surface area (Å²) in [5.41, 5.74) is 8.04. The lowest BCUT2D eigenvalue weighted by molar-refractivity contribution is -0.120. The van der Waals surface area contributed by atoms with Gasteiger partial charge in [-0.15, -0.1) is 11.3 Å². The number of rotatable bonds is 4. The lowest BCUT2D eigenvalue weighted by atomic mass is 10.1. The molecule has 1 aliphatic carbocycles. The van der Waals surface area contributed by atoms with Crippen molar-refractivity contribution in [1.29, 1.82) is 0 Å². The average molecular weight is 347 g/mol. The van der Waals surface area contributed by atoms with E-state index >= 15 is 0 Å². The maximum atomic E-state index is 12.2. The van der Waals surface area contributed by atoms with E-state index < -0.39 is 0 Å². The maximum Gasteiger partial charge on any atom is 0.246 e. The second kappa shape index (κ2) is 6.99. The molecule has 124 valence electrons. The number of amides is 1. The van der Waals surface area contributed by atoms with Gasteiger partial charge in [0.05, 0.1) is 17.8 Å². The summed E-state index contributed by atoms with van der Waals surface area (Å²) in [5.74, 6) is -0.133. The average Bonchev–Trinajstić information content (AvgIpc) is 3.28. The van der Waals surface area contributed by atoms with E-state index in [-0.39, 0.29) is 12.3 Å². The molecular formula is C20H17N3OS. The number of benzene rings is 2. The fourth-order valence-corrected chi connectivity index (χ4v) is 3.77. The molecule has 3 aromatic rings. The van der Waals surface area contributed by atoms with Gasteiger partial charge in [0.2, 0.25) is 5.91 Å². The van der Waals surface area contributed by atoms with Gasteiger partial charge in [-0.3, -0.25) is 4.79 Å². The largest absolute Gasteiger partial charge is 0.273 e. The molecule has 5 heteroatoms. The number of aromatic nitrogens is 1. The molecule has 0 radical (unpaired) electrons. The molecule has 0 saturated heterocycles. The van der Waals surface area contributed by atoms with E-state index in [0.717, 1.165) is 40.4 Å².